The second-order valence-electron chi connectivity index (χ2n) is 6.69. The van der Waals surface area contributed by atoms with Gasteiger partial charge in [-0.05, 0) is 30.2 Å². The Labute approximate surface area is 153 Å². The molecule has 4 rings (SSSR count). The normalized spacial score (nSPS) is 19.5. The molecule has 136 valence electrons. The number of pyridine rings is 1. The lowest BCUT2D eigenvalue weighted by atomic mass is 9.95. The number of methoxy groups -OCH3 is 1. The molecule has 1 amide bonds. The highest BCUT2D eigenvalue weighted by molar-refractivity contribution is 5.80. The van der Waals surface area contributed by atoms with E-state index in [1.165, 1.54) is 0 Å². The van der Waals surface area contributed by atoms with Crippen LogP contribution in [-0.4, -0.2) is 55.7 Å². The number of piperazine rings is 1. The first-order valence-corrected chi connectivity index (χ1v) is 8.99. The summed E-state index contributed by atoms with van der Waals surface area (Å²) in [5.74, 6) is 2.65. The van der Waals surface area contributed by atoms with E-state index in [1.807, 2.05) is 41.3 Å². The molecule has 26 heavy (non-hydrogen) atoms. The quantitative estimate of drug-likeness (QED) is 0.845. The second-order valence-corrected chi connectivity index (χ2v) is 6.69. The predicted molar refractivity (Wildman–Crippen MR) is 98.7 cm³/mol. The van der Waals surface area contributed by atoms with Gasteiger partial charge in [0.05, 0.1) is 13.0 Å². The van der Waals surface area contributed by atoms with Crippen molar-refractivity contribution < 1.29 is 14.3 Å². The molecule has 0 spiro atoms. The van der Waals surface area contributed by atoms with Crippen molar-refractivity contribution in [2.45, 2.75) is 6.42 Å². The van der Waals surface area contributed by atoms with E-state index in [1.54, 1.807) is 13.3 Å². The Morgan fingerprint density at radius 3 is 2.77 bits per heavy atom. The zero-order chi connectivity index (χ0) is 17.9. The van der Waals surface area contributed by atoms with Gasteiger partial charge in [-0.15, -0.1) is 0 Å². The summed E-state index contributed by atoms with van der Waals surface area (Å²) in [5, 5.41) is 0. The van der Waals surface area contributed by atoms with Crippen LogP contribution in [0, 0.1) is 5.92 Å². The third kappa shape index (κ3) is 3.31. The number of carbonyl (C=O) groups excluding carboxylic acids is 1. The number of fused-ring (bicyclic) bond motifs is 1. The Morgan fingerprint density at radius 2 is 2.04 bits per heavy atom. The largest absolute Gasteiger partial charge is 0.497 e. The first kappa shape index (κ1) is 16.7. The summed E-state index contributed by atoms with van der Waals surface area (Å²) in [5.41, 5.74) is 1.07. The standard InChI is InChI=1S/C20H23N3O3/c1-25-17-6-5-15-12-16(14-26-18(15)13-17)20(24)23-10-8-22(9-11-23)19-4-2-3-7-21-19/h2-7,13,16H,8-12,14H2,1H3. The molecule has 0 aliphatic carbocycles. The summed E-state index contributed by atoms with van der Waals surface area (Å²) >= 11 is 0. The van der Waals surface area contributed by atoms with Crippen molar-refractivity contribution in [3.8, 4) is 11.5 Å². The molecule has 1 saturated heterocycles. The molecule has 0 radical (unpaired) electrons. The molecule has 1 aromatic heterocycles. The minimum absolute atomic E-state index is 0.114. The number of hydrogen-bond acceptors (Lipinski definition) is 5. The van der Waals surface area contributed by atoms with E-state index < -0.39 is 0 Å². The van der Waals surface area contributed by atoms with Crippen molar-refractivity contribution in [3.05, 3.63) is 48.2 Å². The Bertz CT molecular complexity index is 773. The Hall–Kier alpha value is -2.76. The lowest BCUT2D eigenvalue weighted by molar-refractivity contribution is -0.137. The van der Waals surface area contributed by atoms with Gasteiger partial charge in [-0.2, -0.15) is 0 Å². The van der Waals surface area contributed by atoms with E-state index in [0.29, 0.717) is 6.61 Å². The molecule has 1 atom stereocenters. The highest BCUT2D eigenvalue weighted by Crippen LogP contribution is 2.31. The maximum absolute atomic E-state index is 12.9. The average Bonchev–Trinajstić information content (AvgIpc) is 2.73. The molecular weight excluding hydrogens is 330 g/mol. The van der Waals surface area contributed by atoms with Gasteiger partial charge in [0, 0.05) is 38.4 Å². The SMILES string of the molecule is COc1ccc2c(c1)OCC(C(=O)N1CCN(c3ccccn3)CC1)C2. The molecule has 0 bridgehead atoms. The van der Waals surface area contributed by atoms with E-state index >= 15 is 0 Å². The van der Waals surface area contributed by atoms with Crippen LogP contribution in [0.2, 0.25) is 0 Å². The average molecular weight is 353 g/mol. The minimum atomic E-state index is -0.114. The number of benzene rings is 1. The van der Waals surface area contributed by atoms with E-state index in [-0.39, 0.29) is 11.8 Å². The second kappa shape index (κ2) is 7.23. The number of amides is 1. The van der Waals surface area contributed by atoms with Crippen LogP contribution in [0.25, 0.3) is 0 Å². The molecular formula is C20H23N3O3. The third-order valence-corrected chi connectivity index (χ3v) is 5.09. The Kier molecular flexibility index (Phi) is 4.65. The molecule has 1 unspecified atom stereocenters. The number of aromatic nitrogens is 1. The Morgan fingerprint density at radius 1 is 1.19 bits per heavy atom. The van der Waals surface area contributed by atoms with Crippen LogP contribution in [0.5, 0.6) is 11.5 Å². The summed E-state index contributed by atoms with van der Waals surface area (Å²) in [6.07, 6.45) is 2.53. The Balaban J connectivity index is 1.37. The van der Waals surface area contributed by atoms with Crippen LogP contribution in [0.1, 0.15) is 5.56 Å². The number of anilines is 1. The van der Waals surface area contributed by atoms with Crippen molar-refractivity contribution in [2.75, 3.05) is 44.8 Å². The van der Waals surface area contributed by atoms with Crippen LogP contribution >= 0.6 is 0 Å². The van der Waals surface area contributed by atoms with Gasteiger partial charge in [-0.1, -0.05) is 12.1 Å². The van der Waals surface area contributed by atoms with Gasteiger partial charge >= 0.3 is 0 Å². The zero-order valence-electron chi connectivity index (χ0n) is 14.9. The molecule has 1 aromatic carbocycles. The van der Waals surface area contributed by atoms with Gasteiger partial charge in [0.2, 0.25) is 5.91 Å². The summed E-state index contributed by atoms with van der Waals surface area (Å²) < 4.78 is 11.1. The monoisotopic (exact) mass is 353 g/mol. The molecule has 0 N–H and O–H groups in total. The summed E-state index contributed by atoms with van der Waals surface area (Å²) in [4.78, 5) is 21.5. The van der Waals surface area contributed by atoms with Crippen LogP contribution in [-0.2, 0) is 11.2 Å². The van der Waals surface area contributed by atoms with E-state index in [2.05, 4.69) is 9.88 Å². The summed E-state index contributed by atoms with van der Waals surface area (Å²) in [6.45, 7) is 3.50. The van der Waals surface area contributed by atoms with Crippen LogP contribution in [0.4, 0.5) is 5.82 Å². The number of nitrogens with zero attached hydrogens (tertiary/aromatic N) is 3. The van der Waals surface area contributed by atoms with Crippen LogP contribution in [0.15, 0.2) is 42.6 Å². The van der Waals surface area contributed by atoms with Crippen LogP contribution < -0.4 is 14.4 Å². The molecule has 2 aromatic rings. The number of ether oxygens (including phenoxy) is 2. The highest BCUT2D eigenvalue weighted by Gasteiger charge is 2.31. The smallest absolute Gasteiger partial charge is 0.229 e. The molecule has 0 saturated carbocycles. The van der Waals surface area contributed by atoms with Gasteiger partial charge in [0.15, 0.2) is 0 Å². The molecule has 3 heterocycles. The van der Waals surface area contributed by atoms with E-state index in [0.717, 1.165) is 55.5 Å². The summed E-state index contributed by atoms with van der Waals surface area (Å²) in [6, 6.07) is 11.7. The van der Waals surface area contributed by atoms with Crippen molar-refractivity contribution in [1.82, 2.24) is 9.88 Å². The van der Waals surface area contributed by atoms with Crippen molar-refractivity contribution in [3.63, 3.8) is 0 Å². The van der Waals surface area contributed by atoms with Crippen LogP contribution in [0.3, 0.4) is 0 Å². The lowest BCUT2D eigenvalue weighted by Gasteiger charge is -2.37. The topological polar surface area (TPSA) is 54.9 Å². The van der Waals surface area contributed by atoms with Gasteiger partial charge in [0.25, 0.3) is 0 Å². The maximum atomic E-state index is 12.9. The van der Waals surface area contributed by atoms with Crippen molar-refractivity contribution >= 4 is 11.7 Å². The molecule has 1 fully saturated rings. The highest BCUT2D eigenvalue weighted by atomic mass is 16.5. The number of hydrogen-bond donors (Lipinski definition) is 0. The zero-order valence-corrected chi connectivity index (χ0v) is 14.9. The van der Waals surface area contributed by atoms with Gasteiger partial charge in [-0.3, -0.25) is 4.79 Å². The molecule has 6 nitrogen and oxygen atoms in total. The minimum Gasteiger partial charge on any atom is -0.497 e. The first-order chi connectivity index (χ1) is 12.7. The predicted octanol–water partition coefficient (Wildman–Crippen LogP) is 1.99. The lowest BCUT2D eigenvalue weighted by Crippen LogP contribution is -2.51. The first-order valence-electron chi connectivity index (χ1n) is 8.99. The maximum Gasteiger partial charge on any atom is 0.229 e. The molecule has 2 aliphatic rings. The van der Waals surface area contributed by atoms with E-state index in [4.69, 9.17) is 9.47 Å². The summed E-state index contributed by atoms with van der Waals surface area (Å²) in [7, 11) is 1.64. The van der Waals surface area contributed by atoms with E-state index in [9.17, 15) is 4.79 Å². The van der Waals surface area contributed by atoms with Crippen molar-refractivity contribution in [2.24, 2.45) is 5.92 Å². The van der Waals surface area contributed by atoms with Gasteiger partial charge in [-0.25, -0.2) is 4.98 Å². The van der Waals surface area contributed by atoms with Gasteiger partial charge in [0.1, 0.15) is 23.9 Å². The molecule has 2 aliphatic heterocycles. The fraction of sp³-hybridized carbons (Fsp3) is 0.400. The molecule has 6 heteroatoms. The van der Waals surface area contributed by atoms with Gasteiger partial charge < -0.3 is 19.3 Å². The number of rotatable bonds is 3. The fourth-order valence-corrected chi connectivity index (χ4v) is 3.59. The third-order valence-electron chi connectivity index (χ3n) is 5.09. The fourth-order valence-electron chi connectivity index (χ4n) is 3.59. The number of carbonyl (C=O) groups is 1. The van der Waals surface area contributed by atoms with Crippen molar-refractivity contribution in [1.29, 1.82) is 0 Å².